The molecule has 112 valence electrons. The van der Waals surface area contributed by atoms with E-state index < -0.39 is 6.51 Å². The van der Waals surface area contributed by atoms with E-state index in [-0.39, 0.29) is 0 Å². The third-order valence-electron chi connectivity index (χ3n) is 16.6. The molecule has 2 heteroatoms. The third-order valence-corrected chi connectivity index (χ3v) is 66.7. The van der Waals surface area contributed by atoms with Crippen molar-refractivity contribution in [2.45, 2.75) is 86.9 Å². The van der Waals surface area contributed by atoms with Crippen molar-refractivity contribution in [2.75, 3.05) is 12.3 Å². The molecular formula is C18H27FeP. The fourth-order valence-corrected chi connectivity index (χ4v) is 109. The van der Waals surface area contributed by atoms with Crippen LogP contribution in [0.4, 0.5) is 0 Å². The van der Waals surface area contributed by atoms with Crippen molar-refractivity contribution in [2.24, 2.45) is 0 Å². The second-order valence-corrected chi connectivity index (χ2v) is 39.0. The van der Waals surface area contributed by atoms with Gasteiger partial charge >= 0.3 is 114 Å². The summed E-state index contributed by atoms with van der Waals surface area (Å²) in [6, 6.07) is 0. The molecule has 4 atom stereocenters. The number of hydrogen-bond donors (Lipinski definition) is 0. The van der Waals surface area contributed by atoms with Gasteiger partial charge in [0, 0.05) is 0 Å². The summed E-state index contributed by atoms with van der Waals surface area (Å²) < 4.78 is 1.28. The van der Waals surface area contributed by atoms with E-state index in [4.69, 9.17) is 0 Å². The molecule has 0 bridgehead atoms. The minimum absolute atomic E-state index is 0.510. The molecule has 0 saturated carbocycles. The van der Waals surface area contributed by atoms with Gasteiger partial charge < -0.3 is 0 Å². The van der Waals surface area contributed by atoms with E-state index in [1.165, 1.54) is 16.9 Å². The second-order valence-electron chi connectivity index (χ2n) is 12.3. The number of rotatable bonds is 7. The van der Waals surface area contributed by atoms with Gasteiger partial charge in [-0.3, -0.25) is 0 Å². The summed E-state index contributed by atoms with van der Waals surface area (Å²) in [4.78, 5) is 14.1. The molecule has 0 radical (unpaired) electrons. The van der Waals surface area contributed by atoms with E-state index in [1.807, 2.05) is 0 Å². The molecule has 0 aromatic carbocycles. The Kier molecular flexibility index (Phi) is 0.430. The van der Waals surface area contributed by atoms with E-state index >= 15 is 0 Å². The number of unbranched alkanes of at least 4 members (excludes halogenated alkanes) is 2. The molecule has 0 aromatic rings. The van der Waals surface area contributed by atoms with Crippen LogP contribution in [-0.4, -0.2) is 16.4 Å². The van der Waals surface area contributed by atoms with E-state index in [2.05, 4.69) is 13.8 Å². The SMILES string of the molecule is CCCCP(CCCC)[C]12[CH]3[CH]4[CH]5[CH]1[Fe]45321678[CH]2[CH]1[CH]6[CH]7[CH]28. The first-order valence-corrected chi connectivity index (χ1v) is 17.5. The first-order valence-electron chi connectivity index (χ1n) is 9.53. The second kappa shape index (κ2) is 0.926. The number of fused-ring (bicyclic) bond motifs is 10. The molecule has 0 aromatic heterocycles. The van der Waals surface area contributed by atoms with E-state index in [1.54, 1.807) is 68.5 Å². The van der Waals surface area contributed by atoms with Crippen LogP contribution in [0.25, 0.3) is 0 Å². The molecule has 10 saturated heterocycles. The first-order chi connectivity index (χ1) is 9.56. The van der Waals surface area contributed by atoms with Gasteiger partial charge in [0.25, 0.3) is 0 Å². The summed E-state index contributed by atoms with van der Waals surface area (Å²) in [6.45, 7) is 2.14. The van der Waals surface area contributed by atoms with Gasteiger partial charge in [0.2, 0.25) is 0 Å². The molecule has 0 aliphatic carbocycles. The maximum absolute atomic E-state index is 2.73. The Morgan fingerprint density at radius 1 is 0.750 bits per heavy atom. The van der Waals surface area contributed by atoms with Gasteiger partial charge in [0.15, 0.2) is 0 Å². The predicted molar refractivity (Wildman–Crippen MR) is 83.0 cm³/mol. The van der Waals surface area contributed by atoms with E-state index in [9.17, 15) is 0 Å². The summed E-state index contributed by atoms with van der Waals surface area (Å²) in [5.74, 6) is 0. The van der Waals surface area contributed by atoms with Gasteiger partial charge in [-0.2, -0.15) is 0 Å². The van der Waals surface area contributed by atoms with Crippen LogP contribution in [0.5, 0.6) is 0 Å². The van der Waals surface area contributed by atoms with Crippen LogP contribution < -0.4 is 0 Å². The molecule has 1 spiro atoms. The molecule has 10 rings (SSSR count). The molecule has 10 aliphatic rings. The van der Waals surface area contributed by atoms with Crippen LogP contribution in [0.1, 0.15) is 39.5 Å². The Hall–Kier alpha value is 0.949. The van der Waals surface area contributed by atoms with Crippen molar-refractivity contribution >= 4 is 7.92 Å². The normalized spacial score (nSPS) is 103. The van der Waals surface area contributed by atoms with Gasteiger partial charge in [-0.1, -0.05) is 0 Å². The molecule has 0 nitrogen and oxygen atoms in total. The zero-order valence-corrected chi connectivity index (χ0v) is 14.7. The fraction of sp³-hybridized carbons (Fsp3) is 1.00. The van der Waals surface area contributed by atoms with E-state index in [0.29, 0.717) is 7.92 Å². The molecular weight excluding hydrogens is 303 g/mol. The quantitative estimate of drug-likeness (QED) is 0.376. The van der Waals surface area contributed by atoms with Crippen LogP contribution in [0.2, 0.25) is 43.3 Å². The van der Waals surface area contributed by atoms with Crippen LogP contribution in [0.15, 0.2) is 0 Å². The maximum atomic E-state index is 2.44. The summed E-state index contributed by atoms with van der Waals surface area (Å²) in [5.41, 5.74) is 0. The van der Waals surface area contributed by atoms with E-state index in [0.717, 1.165) is 0 Å². The van der Waals surface area contributed by atoms with Gasteiger partial charge in [0.1, 0.15) is 0 Å². The minimum atomic E-state index is -2.73. The molecule has 4 unspecified atom stereocenters. The summed E-state index contributed by atoms with van der Waals surface area (Å²) in [5, 5.41) is 0. The van der Waals surface area contributed by atoms with Crippen LogP contribution in [0, 0.1) is 0 Å². The van der Waals surface area contributed by atoms with Gasteiger partial charge in [0.05, 0.1) is 0 Å². The zero-order chi connectivity index (χ0) is 12.8. The standard InChI is InChI=1S/C13H22P.C5H5.Fe/c1-3-5-11-14(12-6-4-2)13-9-7-8-10-13;1-2-4-5-3-1;/h7-10H,3-6,11-12H2,1-2H3;1-5H;. The van der Waals surface area contributed by atoms with Crippen molar-refractivity contribution < 1.29 is 6.51 Å². The fourth-order valence-electron chi connectivity index (χ4n) is 18.1. The predicted octanol–water partition coefficient (Wildman–Crippen LogP) is 6.37. The monoisotopic (exact) mass is 330 g/mol. The average molecular weight is 330 g/mol. The third kappa shape index (κ3) is 0.117. The van der Waals surface area contributed by atoms with Crippen molar-refractivity contribution in [3.05, 3.63) is 0 Å². The van der Waals surface area contributed by atoms with Crippen molar-refractivity contribution in [1.29, 1.82) is 0 Å². The van der Waals surface area contributed by atoms with Crippen LogP contribution >= 0.6 is 7.92 Å². The Bertz CT molecular complexity index is 889. The molecule has 0 N–H and O–H groups in total. The summed E-state index contributed by atoms with van der Waals surface area (Å²) in [6.07, 6.45) is 9.59. The Balaban J connectivity index is 1.28. The summed E-state index contributed by atoms with van der Waals surface area (Å²) in [7, 11) is 0.510. The Morgan fingerprint density at radius 3 is 1.45 bits per heavy atom. The number of hydrogen-bond acceptors (Lipinski definition) is 0. The molecule has 10 aliphatic heterocycles. The molecule has 10 fully saturated rings. The molecule has 0 amide bonds. The average Bonchev–Trinajstić information content (AvgIpc) is 3.39. The Morgan fingerprint density at radius 2 is 1.20 bits per heavy atom. The molecule has 10 heterocycles. The molecule has 20 heavy (non-hydrogen) atoms. The van der Waals surface area contributed by atoms with Crippen LogP contribution in [-0.2, 0) is 6.51 Å². The van der Waals surface area contributed by atoms with Gasteiger partial charge in [-0.05, 0) is 0 Å². The zero-order valence-electron chi connectivity index (χ0n) is 12.7. The summed E-state index contributed by atoms with van der Waals surface area (Å²) >= 11 is 0. The van der Waals surface area contributed by atoms with Crippen molar-refractivity contribution in [3.8, 4) is 0 Å². The van der Waals surface area contributed by atoms with Crippen LogP contribution in [0.3, 0.4) is 0 Å². The van der Waals surface area contributed by atoms with Crippen molar-refractivity contribution in [1.82, 2.24) is 0 Å². The topological polar surface area (TPSA) is 0 Å². The van der Waals surface area contributed by atoms with Crippen molar-refractivity contribution in [3.63, 3.8) is 0 Å². The van der Waals surface area contributed by atoms with Gasteiger partial charge in [-0.15, -0.1) is 0 Å². The Labute approximate surface area is 113 Å². The van der Waals surface area contributed by atoms with Gasteiger partial charge in [-0.25, -0.2) is 0 Å². The first kappa shape index (κ1) is 9.30.